The summed E-state index contributed by atoms with van der Waals surface area (Å²) in [6, 6.07) is 19.7. The molecule has 2 aromatic carbocycles. The Hall–Kier alpha value is -3.91. The normalized spacial score (nSPS) is 11.6. The number of benzene rings is 2. The molecule has 5 aromatic rings. The zero-order chi connectivity index (χ0) is 21.3. The van der Waals surface area contributed by atoms with Crippen LogP contribution in [0.25, 0.3) is 21.8 Å². The fraction of sp³-hybridized carbons (Fsp3) is 0.0435. The quantitative estimate of drug-likeness (QED) is 0.402. The second-order valence-electron chi connectivity index (χ2n) is 6.97. The van der Waals surface area contributed by atoms with Crippen molar-refractivity contribution in [2.45, 2.75) is 11.4 Å². The molecule has 0 fully saturated rings. The van der Waals surface area contributed by atoms with Crippen molar-refractivity contribution in [1.82, 2.24) is 9.97 Å². The Balaban J connectivity index is 1.47. The number of hydrogen-bond acceptors (Lipinski definition) is 6. The molecule has 0 aliphatic rings. The van der Waals surface area contributed by atoms with E-state index >= 15 is 0 Å². The highest BCUT2D eigenvalue weighted by molar-refractivity contribution is 7.93. The third kappa shape index (κ3) is 3.80. The number of nitrogens with one attached hydrogen (secondary N) is 2. The smallest absolute Gasteiger partial charge is 0.264 e. The average Bonchev–Trinajstić information content (AvgIpc) is 3.31. The Bertz CT molecular complexity index is 1480. The van der Waals surface area contributed by atoms with Crippen LogP contribution in [-0.2, 0) is 16.6 Å². The Morgan fingerprint density at radius 1 is 0.871 bits per heavy atom. The molecule has 8 heteroatoms. The minimum Gasteiger partial charge on any atom is -0.467 e. The third-order valence-electron chi connectivity index (χ3n) is 4.89. The number of fused-ring (bicyclic) bond motifs is 2. The zero-order valence-corrected chi connectivity index (χ0v) is 17.1. The molecule has 0 unspecified atom stereocenters. The van der Waals surface area contributed by atoms with Crippen molar-refractivity contribution in [2.75, 3.05) is 10.0 Å². The average molecular weight is 430 g/mol. The SMILES string of the molecule is O=S(=O)(Nc1cccc2cc(NCc3ccco3)cnc12)c1cccc2cccnc12. The van der Waals surface area contributed by atoms with Crippen molar-refractivity contribution < 1.29 is 12.8 Å². The Labute approximate surface area is 178 Å². The lowest BCUT2D eigenvalue weighted by Crippen LogP contribution is -2.14. The van der Waals surface area contributed by atoms with Gasteiger partial charge in [0.25, 0.3) is 10.0 Å². The van der Waals surface area contributed by atoms with Gasteiger partial charge in [0.1, 0.15) is 10.7 Å². The van der Waals surface area contributed by atoms with Gasteiger partial charge >= 0.3 is 0 Å². The van der Waals surface area contributed by atoms with Crippen LogP contribution in [0.15, 0.2) is 94.7 Å². The fourth-order valence-corrected chi connectivity index (χ4v) is 4.68. The summed E-state index contributed by atoms with van der Waals surface area (Å²) in [5.41, 5.74) is 2.20. The van der Waals surface area contributed by atoms with E-state index in [0.717, 1.165) is 22.2 Å². The minimum absolute atomic E-state index is 0.124. The molecule has 0 amide bonds. The van der Waals surface area contributed by atoms with Crippen molar-refractivity contribution in [3.63, 3.8) is 0 Å². The van der Waals surface area contributed by atoms with Crippen LogP contribution in [0.1, 0.15) is 5.76 Å². The van der Waals surface area contributed by atoms with E-state index in [4.69, 9.17) is 4.42 Å². The predicted molar refractivity (Wildman–Crippen MR) is 120 cm³/mol. The predicted octanol–water partition coefficient (Wildman–Crippen LogP) is 4.79. The van der Waals surface area contributed by atoms with Gasteiger partial charge in [-0.05, 0) is 36.4 Å². The molecule has 3 aromatic heterocycles. The van der Waals surface area contributed by atoms with Gasteiger partial charge in [-0.25, -0.2) is 8.42 Å². The maximum atomic E-state index is 13.2. The summed E-state index contributed by atoms with van der Waals surface area (Å²) in [4.78, 5) is 8.86. The summed E-state index contributed by atoms with van der Waals surface area (Å²) in [6.45, 7) is 0.528. The highest BCUT2D eigenvalue weighted by Gasteiger charge is 2.19. The van der Waals surface area contributed by atoms with Gasteiger partial charge in [-0.2, -0.15) is 0 Å². The van der Waals surface area contributed by atoms with Crippen LogP contribution in [0.5, 0.6) is 0 Å². The van der Waals surface area contributed by atoms with E-state index < -0.39 is 10.0 Å². The number of sulfonamides is 1. The maximum Gasteiger partial charge on any atom is 0.264 e. The molecule has 0 atom stereocenters. The van der Waals surface area contributed by atoms with Gasteiger partial charge in [-0.3, -0.25) is 14.7 Å². The molecule has 0 bridgehead atoms. The van der Waals surface area contributed by atoms with Crippen LogP contribution in [0.4, 0.5) is 11.4 Å². The lowest BCUT2D eigenvalue weighted by atomic mass is 10.2. The van der Waals surface area contributed by atoms with Gasteiger partial charge in [0.2, 0.25) is 0 Å². The topological polar surface area (TPSA) is 97.1 Å². The number of aromatic nitrogens is 2. The molecule has 0 saturated heterocycles. The molecule has 0 aliphatic heterocycles. The molecule has 7 nitrogen and oxygen atoms in total. The van der Waals surface area contributed by atoms with Crippen molar-refractivity contribution >= 4 is 43.2 Å². The largest absolute Gasteiger partial charge is 0.467 e. The van der Waals surface area contributed by atoms with E-state index in [1.807, 2.05) is 36.4 Å². The first-order valence-corrected chi connectivity index (χ1v) is 11.1. The Morgan fingerprint density at radius 2 is 1.71 bits per heavy atom. The number of anilines is 2. The van der Waals surface area contributed by atoms with Crippen molar-refractivity contribution in [3.05, 3.63) is 91.1 Å². The molecule has 0 aliphatic carbocycles. The number of hydrogen-bond donors (Lipinski definition) is 2. The number of nitrogens with zero attached hydrogens (tertiary/aromatic N) is 2. The van der Waals surface area contributed by atoms with Crippen molar-refractivity contribution in [3.8, 4) is 0 Å². The van der Waals surface area contributed by atoms with Crippen molar-refractivity contribution in [1.29, 1.82) is 0 Å². The first kappa shape index (κ1) is 19.1. The number of rotatable bonds is 6. The van der Waals surface area contributed by atoms with Gasteiger partial charge in [0, 0.05) is 17.0 Å². The lowest BCUT2D eigenvalue weighted by Gasteiger charge is -2.12. The van der Waals surface area contributed by atoms with E-state index in [-0.39, 0.29) is 4.90 Å². The molecule has 154 valence electrons. The molecular formula is C23H18N4O3S. The lowest BCUT2D eigenvalue weighted by molar-refractivity contribution is 0.518. The molecule has 31 heavy (non-hydrogen) atoms. The highest BCUT2D eigenvalue weighted by Crippen LogP contribution is 2.28. The van der Waals surface area contributed by atoms with Crippen LogP contribution in [0.3, 0.4) is 0 Å². The molecule has 3 heterocycles. The summed E-state index contributed by atoms with van der Waals surface area (Å²) >= 11 is 0. The molecule has 5 rings (SSSR count). The number of furan rings is 1. The third-order valence-corrected chi connectivity index (χ3v) is 6.28. The van der Waals surface area contributed by atoms with Gasteiger partial charge in [-0.1, -0.05) is 30.3 Å². The van der Waals surface area contributed by atoms with E-state index in [1.54, 1.807) is 49.0 Å². The first-order valence-electron chi connectivity index (χ1n) is 9.62. The monoisotopic (exact) mass is 430 g/mol. The van der Waals surface area contributed by atoms with Crippen LogP contribution < -0.4 is 10.0 Å². The zero-order valence-electron chi connectivity index (χ0n) is 16.3. The van der Waals surface area contributed by atoms with Crippen LogP contribution >= 0.6 is 0 Å². The van der Waals surface area contributed by atoms with Crippen LogP contribution in [-0.4, -0.2) is 18.4 Å². The van der Waals surface area contributed by atoms with Gasteiger partial charge in [0.15, 0.2) is 0 Å². The summed E-state index contributed by atoms with van der Waals surface area (Å²) in [6.07, 6.45) is 4.88. The van der Waals surface area contributed by atoms with Gasteiger partial charge in [-0.15, -0.1) is 0 Å². The van der Waals surface area contributed by atoms with Crippen LogP contribution in [0, 0.1) is 0 Å². The minimum atomic E-state index is -3.86. The first-order chi connectivity index (χ1) is 15.1. The second-order valence-corrected chi connectivity index (χ2v) is 8.62. The summed E-state index contributed by atoms with van der Waals surface area (Å²) in [5, 5.41) is 4.81. The summed E-state index contributed by atoms with van der Waals surface area (Å²) in [7, 11) is -3.86. The van der Waals surface area contributed by atoms with E-state index in [0.29, 0.717) is 23.3 Å². The van der Waals surface area contributed by atoms with E-state index in [2.05, 4.69) is 20.0 Å². The Morgan fingerprint density at radius 3 is 2.58 bits per heavy atom. The molecule has 0 radical (unpaired) electrons. The van der Waals surface area contributed by atoms with E-state index in [1.165, 1.54) is 0 Å². The Kier molecular flexibility index (Phi) is 4.76. The number of para-hydroxylation sites is 2. The van der Waals surface area contributed by atoms with Crippen molar-refractivity contribution in [2.24, 2.45) is 0 Å². The molecule has 0 saturated carbocycles. The van der Waals surface area contributed by atoms with Gasteiger partial charge in [0.05, 0.1) is 41.4 Å². The van der Waals surface area contributed by atoms with Gasteiger partial charge < -0.3 is 9.73 Å². The van der Waals surface area contributed by atoms with E-state index in [9.17, 15) is 8.42 Å². The molecule has 2 N–H and O–H groups in total. The summed E-state index contributed by atoms with van der Waals surface area (Å²) < 4.78 is 34.3. The maximum absolute atomic E-state index is 13.2. The second kappa shape index (κ2) is 7.73. The number of pyridine rings is 2. The molecular weight excluding hydrogens is 412 g/mol. The fourth-order valence-electron chi connectivity index (χ4n) is 3.43. The standard InChI is InChI=1S/C23H18N4O3S/c28-31(29,21-10-2-5-16-7-3-11-24-23(16)21)27-20-9-1-6-17-13-18(14-26-22(17)20)25-15-19-8-4-12-30-19/h1-14,25,27H,15H2. The molecule has 0 spiro atoms. The highest BCUT2D eigenvalue weighted by atomic mass is 32.2. The summed E-state index contributed by atoms with van der Waals surface area (Å²) in [5.74, 6) is 0.810. The van der Waals surface area contributed by atoms with Crippen LogP contribution in [0.2, 0.25) is 0 Å².